The predicted molar refractivity (Wildman–Crippen MR) is 80.9 cm³/mol. The van der Waals surface area contributed by atoms with Gasteiger partial charge in [0.05, 0.1) is 12.2 Å². The number of carbonyl (C=O) groups excluding carboxylic acids is 2. The van der Waals surface area contributed by atoms with Crippen molar-refractivity contribution >= 4 is 35.1 Å². The number of rotatable bonds is 4. The van der Waals surface area contributed by atoms with Gasteiger partial charge in [-0.2, -0.15) is 0 Å². The monoisotopic (exact) mass is 306 g/mol. The Morgan fingerprint density at radius 2 is 2.19 bits per heavy atom. The molecular weight excluding hydrogens is 292 g/mol. The maximum absolute atomic E-state index is 11.7. The molecule has 7 heteroatoms. The molecule has 2 aromatic heterocycles. The number of likely N-dealkylation sites (N-methyl/N-ethyl adjacent to an activating group) is 1. The average molecular weight is 307 g/mol. The van der Waals surface area contributed by atoms with Crippen molar-refractivity contribution in [2.24, 2.45) is 0 Å². The van der Waals surface area contributed by atoms with Crippen molar-refractivity contribution in [2.75, 3.05) is 20.6 Å². The first kappa shape index (κ1) is 15.1. The Morgan fingerprint density at radius 3 is 2.90 bits per heavy atom. The number of nitrogens with zero attached hydrogens (tertiary/aromatic N) is 3. The minimum absolute atomic E-state index is 0.0446. The van der Waals surface area contributed by atoms with Crippen LogP contribution in [0.15, 0.2) is 30.5 Å². The molecule has 2 amide bonds. The van der Waals surface area contributed by atoms with E-state index in [1.807, 2.05) is 18.2 Å². The van der Waals surface area contributed by atoms with E-state index in [2.05, 4.69) is 10.3 Å². The lowest BCUT2D eigenvalue weighted by Crippen LogP contribution is -2.35. The molecule has 0 aliphatic rings. The molecule has 1 N–H and O–H groups in total. The summed E-state index contributed by atoms with van der Waals surface area (Å²) in [5.41, 5.74) is 1.31. The van der Waals surface area contributed by atoms with Crippen molar-refractivity contribution in [3.8, 4) is 0 Å². The highest BCUT2D eigenvalue weighted by Crippen LogP contribution is 2.18. The van der Waals surface area contributed by atoms with Crippen molar-refractivity contribution in [1.82, 2.24) is 19.6 Å². The van der Waals surface area contributed by atoms with E-state index in [1.54, 1.807) is 30.8 Å². The van der Waals surface area contributed by atoms with E-state index in [0.29, 0.717) is 16.5 Å². The highest BCUT2D eigenvalue weighted by Gasteiger charge is 2.08. The zero-order chi connectivity index (χ0) is 15.4. The third kappa shape index (κ3) is 3.61. The molecule has 0 fully saturated rings. The van der Waals surface area contributed by atoms with Gasteiger partial charge in [0.1, 0.15) is 5.65 Å². The van der Waals surface area contributed by atoms with Crippen LogP contribution in [0.1, 0.15) is 5.69 Å². The zero-order valence-corrected chi connectivity index (χ0v) is 12.5. The van der Waals surface area contributed by atoms with Crippen LogP contribution in [0.4, 0.5) is 0 Å². The number of imidazole rings is 1. The summed E-state index contributed by atoms with van der Waals surface area (Å²) in [4.78, 5) is 28.6. The van der Waals surface area contributed by atoms with Crippen LogP contribution in [0.2, 0.25) is 5.15 Å². The van der Waals surface area contributed by atoms with Gasteiger partial charge < -0.3 is 10.2 Å². The molecule has 0 aromatic carbocycles. The second-order valence-electron chi connectivity index (χ2n) is 4.56. The smallest absolute Gasteiger partial charge is 0.244 e. The maximum atomic E-state index is 11.7. The summed E-state index contributed by atoms with van der Waals surface area (Å²) in [5, 5.41) is 2.82. The quantitative estimate of drug-likeness (QED) is 0.863. The second-order valence-corrected chi connectivity index (χ2v) is 4.91. The lowest BCUT2D eigenvalue weighted by molar-refractivity contribution is -0.129. The van der Waals surface area contributed by atoms with Gasteiger partial charge in [0, 0.05) is 26.4 Å². The van der Waals surface area contributed by atoms with Crippen LogP contribution in [0.3, 0.4) is 0 Å². The molecule has 0 aliphatic heterocycles. The second kappa shape index (κ2) is 6.41. The number of aromatic nitrogens is 2. The lowest BCUT2D eigenvalue weighted by Gasteiger charge is -2.09. The van der Waals surface area contributed by atoms with E-state index in [-0.39, 0.29) is 18.4 Å². The van der Waals surface area contributed by atoms with E-state index in [1.165, 1.54) is 11.0 Å². The van der Waals surface area contributed by atoms with Crippen LogP contribution in [0.5, 0.6) is 0 Å². The summed E-state index contributed by atoms with van der Waals surface area (Å²) in [6, 6.07) is 5.52. The van der Waals surface area contributed by atoms with E-state index >= 15 is 0 Å². The van der Waals surface area contributed by atoms with Gasteiger partial charge in [-0.05, 0) is 18.2 Å². The Hall–Kier alpha value is -2.34. The summed E-state index contributed by atoms with van der Waals surface area (Å²) in [6.45, 7) is -0.0446. The molecule has 0 saturated carbocycles. The van der Waals surface area contributed by atoms with Gasteiger partial charge in [-0.25, -0.2) is 4.98 Å². The van der Waals surface area contributed by atoms with Gasteiger partial charge in [-0.1, -0.05) is 17.7 Å². The van der Waals surface area contributed by atoms with Crippen LogP contribution >= 0.6 is 11.6 Å². The third-order valence-electron chi connectivity index (χ3n) is 2.83. The SMILES string of the molecule is CN(C)C(=O)CNC(=O)/C=C/c1c(Cl)nc2ccccn12. The molecule has 2 rings (SSSR count). The van der Waals surface area contributed by atoms with E-state index in [9.17, 15) is 9.59 Å². The Bertz CT molecular complexity index is 706. The van der Waals surface area contributed by atoms with Gasteiger partial charge in [0.15, 0.2) is 5.15 Å². The fraction of sp³-hybridized carbons (Fsp3) is 0.214. The van der Waals surface area contributed by atoms with Gasteiger partial charge in [0.2, 0.25) is 11.8 Å². The molecule has 110 valence electrons. The minimum Gasteiger partial charge on any atom is -0.347 e. The van der Waals surface area contributed by atoms with Crippen LogP contribution in [0.25, 0.3) is 11.7 Å². The topological polar surface area (TPSA) is 66.7 Å². The summed E-state index contributed by atoms with van der Waals surface area (Å²) in [6.07, 6.45) is 4.70. The molecule has 0 spiro atoms. The number of hydrogen-bond donors (Lipinski definition) is 1. The first-order chi connectivity index (χ1) is 9.99. The lowest BCUT2D eigenvalue weighted by atomic mass is 10.3. The van der Waals surface area contributed by atoms with Crippen molar-refractivity contribution in [1.29, 1.82) is 0 Å². The highest BCUT2D eigenvalue weighted by molar-refractivity contribution is 6.31. The van der Waals surface area contributed by atoms with Gasteiger partial charge in [-0.15, -0.1) is 0 Å². The Morgan fingerprint density at radius 1 is 1.43 bits per heavy atom. The first-order valence-electron chi connectivity index (χ1n) is 6.27. The van der Waals surface area contributed by atoms with Crippen molar-refractivity contribution in [3.05, 3.63) is 41.3 Å². The Kier molecular flexibility index (Phi) is 4.59. The molecule has 0 aliphatic carbocycles. The molecule has 0 radical (unpaired) electrons. The molecule has 0 unspecified atom stereocenters. The van der Waals surface area contributed by atoms with Crippen LogP contribution in [0, 0.1) is 0 Å². The summed E-state index contributed by atoms with van der Waals surface area (Å²) in [7, 11) is 3.25. The fourth-order valence-corrected chi connectivity index (χ4v) is 1.91. The minimum atomic E-state index is -0.368. The van der Waals surface area contributed by atoms with Crippen molar-refractivity contribution in [3.63, 3.8) is 0 Å². The summed E-state index contributed by atoms with van der Waals surface area (Å²) < 4.78 is 1.77. The van der Waals surface area contributed by atoms with Gasteiger partial charge >= 0.3 is 0 Å². The molecule has 0 saturated heterocycles. The van der Waals surface area contributed by atoms with Crippen LogP contribution in [-0.2, 0) is 9.59 Å². The summed E-state index contributed by atoms with van der Waals surface area (Å²) in [5.74, 6) is -0.545. The largest absolute Gasteiger partial charge is 0.347 e. The number of fused-ring (bicyclic) bond motifs is 1. The molecule has 0 bridgehead atoms. The average Bonchev–Trinajstić information content (AvgIpc) is 2.77. The van der Waals surface area contributed by atoms with Crippen molar-refractivity contribution in [2.45, 2.75) is 0 Å². The normalized spacial score (nSPS) is 11.0. The number of amides is 2. The maximum Gasteiger partial charge on any atom is 0.244 e. The standard InChI is InChI=1S/C14H15ClN4O2/c1-18(2)13(21)9-16-12(20)7-6-10-14(15)17-11-5-3-4-8-19(10)11/h3-8H,9H2,1-2H3,(H,16,20)/b7-6+. The van der Waals surface area contributed by atoms with Crippen molar-refractivity contribution < 1.29 is 9.59 Å². The molecule has 2 aromatic rings. The van der Waals surface area contributed by atoms with Crippen LogP contribution in [-0.4, -0.2) is 46.7 Å². The van der Waals surface area contributed by atoms with E-state index < -0.39 is 0 Å². The molecule has 6 nitrogen and oxygen atoms in total. The Labute approximate surface area is 127 Å². The highest BCUT2D eigenvalue weighted by atomic mass is 35.5. The number of halogens is 1. The Balaban J connectivity index is 2.07. The van der Waals surface area contributed by atoms with E-state index in [4.69, 9.17) is 11.6 Å². The summed E-state index contributed by atoms with van der Waals surface area (Å²) >= 11 is 6.04. The number of carbonyl (C=O) groups is 2. The van der Waals surface area contributed by atoms with Gasteiger partial charge in [0.25, 0.3) is 0 Å². The van der Waals surface area contributed by atoms with Gasteiger partial charge in [-0.3, -0.25) is 14.0 Å². The molecule has 0 atom stereocenters. The predicted octanol–water partition coefficient (Wildman–Crippen LogP) is 1.21. The molecular formula is C14H15ClN4O2. The zero-order valence-electron chi connectivity index (χ0n) is 11.7. The molecule has 2 heterocycles. The number of nitrogens with one attached hydrogen (secondary N) is 1. The first-order valence-corrected chi connectivity index (χ1v) is 6.65. The molecule has 21 heavy (non-hydrogen) atoms. The number of hydrogen-bond acceptors (Lipinski definition) is 3. The third-order valence-corrected chi connectivity index (χ3v) is 3.11. The van der Waals surface area contributed by atoms with E-state index in [0.717, 1.165) is 0 Å². The fourth-order valence-electron chi connectivity index (χ4n) is 1.67. The van der Waals surface area contributed by atoms with Crippen LogP contribution < -0.4 is 5.32 Å². The number of pyridine rings is 1.